The van der Waals surface area contributed by atoms with Gasteiger partial charge in [0.25, 0.3) is 0 Å². The molecule has 2 aliphatic rings. The van der Waals surface area contributed by atoms with Gasteiger partial charge < -0.3 is 10.6 Å². The minimum Gasteiger partial charge on any atom is -0.366 e. The van der Waals surface area contributed by atoms with Crippen LogP contribution in [-0.4, -0.2) is 43.2 Å². The molecule has 2 fully saturated rings. The van der Waals surface area contributed by atoms with Gasteiger partial charge in [-0.1, -0.05) is 24.1 Å². The lowest BCUT2D eigenvalue weighted by atomic mass is 9.95. The molecule has 0 aliphatic carbocycles. The fraction of sp³-hybridized carbons (Fsp3) is 0.667. The molecule has 0 aromatic heterocycles. The van der Waals surface area contributed by atoms with E-state index in [4.69, 9.17) is 5.73 Å². The number of fused-ring (bicyclic) bond motifs is 1. The number of benzene rings is 1. The standard InChI is InChI=1S/C18H29N3/c1-14-6-7-18(16(11-14)8-9-19)21-13-17-5-3-4-10-20(17)12-15(21)2/h6-7,11,15,17H,3-5,8-10,12-13,19H2,1-2H3. The summed E-state index contributed by atoms with van der Waals surface area (Å²) in [5.74, 6) is 0. The summed E-state index contributed by atoms with van der Waals surface area (Å²) in [4.78, 5) is 5.35. The minimum atomic E-state index is 0.596. The SMILES string of the molecule is Cc1ccc(N2CC3CCCCN3CC2C)c(CCN)c1. The molecule has 2 N–H and O–H groups in total. The van der Waals surface area contributed by atoms with Crippen LogP contribution in [0.4, 0.5) is 5.69 Å². The van der Waals surface area contributed by atoms with Crippen LogP contribution in [0.5, 0.6) is 0 Å². The highest BCUT2D eigenvalue weighted by atomic mass is 15.3. The van der Waals surface area contributed by atoms with E-state index < -0.39 is 0 Å². The Bertz CT molecular complexity index is 485. The van der Waals surface area contributed by atoms with Gasteiger partial charge in [0.2, 0.25) is 0 Å². The highest BCUT2D eigenvalue weighted by Gasteiger charge is 2.33. The second-order valence-corrected chi connectivity index (χ2v) is 6.82. The Morgan fingerprint density at radius 2 is 2.10 bits per heavy atom. The molecule has 2 atom stereocenters. The van der Waals surface area contributed by atoms with Crippen LogP contribution >= 0.6 is 0 Å². The largest absolute Gasteiger partial charge is 0.366 e. The molecule has 2 aliphatic heterocycles. The van der Waals surface area contributed by atoms with Gasteiger partial charge in [0.05, 0.1) is 0 Å². The molecular weight excluding hydrogens is 258 g/mol. The summed E-state index contributed by atoms with van der Waals surface area (Å²) < 4.78 is 0. The lowest BCUT2D eigenvalue weighted by molar-refractivity contribution is 0.115. The number of rotatable bonds is 3. The smallest absolute Gasteiger partial charge is 0.0402 e. The molecule has 21 heavy (non-hydrogen) atoms. The van der Waals surface area contributed by atoms with Crippen LogP contribution in [0.2, 0.25) is 0 Å². The van der Waals surface area contributed by atoms with Gasteiger partial charge in [-0.05, 0) is 57.8 Å². The first-order valence-corrected chi connectivity index (χ1v) is 8.49. The Morgan fingerprint density at radius 3 is 2.90 bits per heavy atom. The van der Waals surface area contributed by atoms with Crippen LogP contribution in [0.25, 0.3) is 0 Å². The minimum absolute atomic E-state index is 0.596. The summed E-state index contributed by atoms with van der Waals surface area (Å²) in [5.41, 5.74) is 10.0. The van der Waals surface area contributed by atoms with E-state index in [1.165, 1.54) is 55.7 Å². The van der Waals surface area contributed by atoms with Gasteiger partial charge in [-0.2, -0.15) is 0 Å². The Kier molecular flexibility index (Phi) is 4.51. The summed E-state index contributed by atoms with van der Waals surface area (Å²) in [6, 6.07) is 8.23. The molecule has 2 heterocycles. The van der Waals surface area contributed by atoms with Crippen LogP contribution in [0.15, 0.2) is 18.2 Å². The molecule has 0 amide bonds. The molecule has 3 nitrogen and oxygen atoms in total. The third-order valence-corrected chi connectivity index (χ3v) is 5.15. The van der Waals surface area contributed by atoms with Crippen LogP contribution in [0, 0.1) is 6.92 Å². The first-order chi connectivity index (χ1) is 10.2. The lowest BCUT2D eigenvalue weighted by Crippen LogP contribution is -2.59. The van der Waals surface area contributed by atoms with Gasteiger partial charge in [-0.25, -0.2) is 0 Å². The number of hydrogen-bond acceptors (Lipinski definition) is 3. The van der Waals surface area contributed by atoms with Gasteiger partial charge in [-0.15, -0.1) is 0 Å². The van der Waals surface area contributed by atoms with E-state index in [1.807, 2.05) is 0 Å². The van der Waals surface area contributed by atoms with E-state index in [1.54, 1.807) is 0 Å². The summed E-state index contributed by atoms with van der Waals surface area (Å²) in [6.07, 6.45) is 5.12. The molecule has 0 spiro atoms. The molecular formula is C18H29N3. The third-order valence-electron chi connectivity index (χ3n) is 5.15. The monoisotopic (exact) mass is 287 g/mol. The predicted octanol–water partition coefficient (Wildman–Crippen LogP) is 2.56. The van der Waals surface area contributed by atoms with Crippen molar-refractivity contribution in [2.24, 2.45) is 5.73 Å². The average Bonchev–Trinajstić information content (AvgIpc) is 2.47. The van der Waals surface area contributed by atoms with Crippen molar-refractivity contribution in [2.75, 3.05) is 31.1 Å². The van der Waals surface area contributed by atoms with E-state index in [-0.39, 0.29) is 0 Å². The van der Waals surface area contributed by atoms with Crippen LogP contribution in [0.1, 0.15) is 37.3 Å². The van der Waals surface area contributed by atoms with Crippen molar-refractivity contribution in [3.8, 4) is 0 Å². The van der Waals surface area contributed by atoms with E-state index >= 15 is 0 Å². The van der Waals surface area contributed by atoms with Crippen molar-refractivity contribution in [3.63, 3.8) is 0 Å². The Hall–Kier alpha value is -1.06. The quantitative estimate of drug-likeness (QED) is 0.927. The van der Waals surface area contributed by atoms with E-state index in [9.17, 15) is 0 Å². The van der Waals surface area contributed by atoms with E-state index in [0.29, 0.717) is 6.04 Å². The summed E-state index contributed by atoms with van der Waals surface area (Å²) in [7, 11) is 0. The number of nitrogens with two attached hydrogens (primary N) is 1. The summed E-state index contributed by atoms with van der Waals surface area (Å²) in [5, 5.41) is 0. The first kappa shape index (κ1) is 14.9. The number of anilines is 1. The number of piperazine rings is 1. The maximum absolute atomic E-state index is 5.82. The first-order valence-electron chi connectivity index (χ1n) is 8.49. The molecule has 0 radical (unpaired) electrons. The van der Waals surface area contributed by atoms with Crippen molar-refractivity contribution in [1.29, 1.82) is 0 Å². The highest BCUT2D eigenvalue weighted by molar-refractivity contribution is 5.56. The lowest BCUT2D eigenvalue weighted by Gasteiger charge is -2.49. The average molecular weight is 287 g/mol. The second-order valence-electron chi connectivity index (χ2n) is 6.82. The van der Waals surface area contributed by atoms with Gasteiger partial charge in [0, 0.05) is 30.9 Å². The zero-order valence-corrected chi connectivity index (χ0v) is 13.5. The zero-order valence-electron chi connectivity index (χ0n) is 13.5. The fourth-order valence-electron chi connectivity index (χ4n) is 4.04. The Labute approximate surface area is 129 Å². The molecule has 0 bridgehead atoms. The Balaban J connectivity index is 1.85. The van der Waals surface area contributed by atoms with Crippen molar-refractivity contribution in [2.45, 2.75) is 51.6 Å². The van der Waals surface area contributed by atoms with Gasteiger partial charge in [0.15, 0.2) is 0 Å². The molecule has 2 saturated heterocycles. The normalized spacial score (nSPS) is 26.7. The highest BCUT2D eigenvalue weighted by Crippen LogP contribution is 2.31. The Morgan fingerprint density at radius 1 is 1.24 bits per heavy atom. The molecule has 3 rings (SSSR count). The molecule has 116 valence electrons. The van der Waals surface area contributed by atoms with E-state index in [2.05, 4.69) is 41.8 Å². The maximum Gasteiger partial charge on any atom is 0.0402 e. The molecule has 0 saturated carbocycles. The number of aryl methyl sites for hydroxylation is 1. The number of hydrogen-bond donors (Lipinski definition) is 1. The van der Waals surface area contributed by atoms with Crippen molar-refractivity contribution < 1.29 is 0 Å². The summed E-state index contributed by atoms with van der Waals surface area (Å²) >= 11 is 0. The molecule has 1 aromatic carbocycles. The number of piperidine rings is 1. The zero-order chi connectivity index (χ0) is 14.8. The third kappa shape index (κ3) is 3.09. The molecule has 3 heteroatoms. The van der Waals surface area contributed by atoms with Gasteiger partial charge >= 0.3 is 0 Å². The second kappa shape index (κ2) is 6.37. The maximum atomic E-state index is 5.82. The predicted molar refractivity (Wildman–Crippen MR) is 90.0 cm³/mol. The summed E-state index contributed by atoms with van der Waals surface area (Å²) in [6.45, 7) is 8.96. The molecule has 1 aromatic rings. The van der Waals surface area contributed by atoms with Crippen molar-refractivity contribution in [3.05, 3.63) is 29.3 Å². The number of nitrogens with zero attached hydrogens (tertiary/aromatic N) is 2. The van der Waals surface area contributed by atoms with Crippen molar-refractivity contribution in [1.82, 2.24) is 4.90 Å². The van der Waals surface area contributed by atoms with Crippen LogP contribution in [0.3, 0.4) is 0 Å². The van der Waals surface area contributed by atoms with Crippen LogP contribution in [-0.2, 0) is 6.42 Å². The topological polar surface area (TPSA) is 32.5 Å². The fourth-order valence-corrected chi connectivity index (χ4v) is 4.04. The van der Waals surface area contributed by atoms with E-state index in [0.717, 1.165) is 19.0 Å². The van der Waals surface area contributed by atoms with Gasteiger partial charge in [0.1, 0.15) is 0 Å². The van der Waals surface area contributed by atoms with Crippen LogP contribution < -0.4 is 10.6 Å². The molecule has 2 unspecified atom stereocenters. The van der Waals surface area contributed by atoms with Crippen molar-refractivity contribution >= 4 is 5.69 Å². The van der Waals surface area contributed by atoms with Gasteiger partial charge in [-0.3, -0.25) is 4.90 Å².